The molecule has 4 rings (SSSR count). The van der Waals surface area contributed by atoms with Crippen LogP contribution in [-0.4, -0.2) is 44.3 Å². The summed E-state index contributed by atoms with van der Waals surface area (Å²) < 4.78 is 44.7. The molecular formula is C34H35BrFN3O4S. The average molecular weight is 681 g/mol. The fraction of sp³-hybridized carbons (Fsp3) is 0.235. The molecule has 0 radical (unpaired) electrons. The molecule has 7 nitrogen and oxygen atoms in total. The number of amides is 2. The summed E-state index contributed by atoms with van der Waals surface area (Å²) in [6.07, 6.45) is 0.148. The molecule has 0 spiro atoms. The highest BCUT2D eigenvalue weighted by Crippen LogP contribution is 2.26. The van der Waals surface area contributed by atoms with Crippen LogP contribution in [0.5, 0.6) is 0 Å². The van der Waals surface area contributed by atoms with Crippen molar-refractivity contribution in [1.29, 1.82) is 0 Å². The number of carbonyl (C=O) groups excluding carboxylic acids is 2. The molecule has 2 amide bonds. The smallest absolute Gasteiger partial charge is 0.264 e. The van der Waals surface area contributed by atoms with Gasteiger partial charge in [-0.15, -0.1) is 0 Å². The van der Waals surface area contributed by atoms with Crippen LogP contribution in [0.3, 0.4) is 0 Å². The van der Waals surface area contributed by atoms with E-state index in [1.54, 1.807) is 60.7 Å². The number of hydrogen-bond donors (Lipinski definition) is 1. The van der Waals surface area contributed by atoms with E-state index in [2.05, 4.69) is 21.2 Å². The number of sulfonamides is 1. The highest BCUT2D eigenvalue weighted by atomic mass is 79.9. The third-order valence-electron chi connectivity index (χ3n) is 6.98. The molecule has 230 valence electrons. The molecule has 44 heavy (non-hydrogen) atoms. The predicted molar refractivity (Wildman–Crippen MR) is 174 cm³/mol. The van der Waals surface area contributed by atoms with Gasteiger partial charge in [-0.25, -0.2) is 12.8 Å². The van der Waals surface area contributed by atoms with Gasteiger partial charge in [-0.2, -0.15) is 0 Å². The van der Waals surface area contributed by atoms with Crippen molar-refractivity contribution in [2.24, 2.45) is 5.92 Å². The minimum Gasteiger partial charge on any atom is -0.354 e. The van der Waals surface area contributed by atoms with E-state index in [0.717, 1.165) is 14.3 Å². The fourth-order valence-electron chi connectivity index (χ4n) is 4.64. The summed E-state index contributed by atoms with van der Waals surface area (Å²) in [5.74, 6) is -1.45. The number of nitrogens with one attached hydrogen (secondary N) is 1. The molecule has 0 aliphatic carbocycles. The van der Waals surface area contributed by atoms with Crippen LogP contribution in [0, 0.1) is 11.7 Å². The fourth-order valence-corrected chi connectivity index (χ4v) is 6.34. The maximum absolute atomic E-state index is 15.0. The Labute approximate surface area is 266 Å². The lowest BCUT2D eigenvalue weighted by Gasteiger charge is -2.34. The molecule has 1 atom stereocenters. The van der Waals surface area contributed by atoms with Crippen LogP contribution >= 0.6 is 15.9 Å². The van der Waals surface area contributed by atoms with Gasteiger partial charge in [0.05, 0.1) is 10.6 Å². The molecule has 4 aromatic rings. The van der Waals surface area contributed by atoms with Crippen LogP contribution in [0.15, 0.2) is 119 Å². The summed E-state index contributed by atoms with van der Waals surface area (Å²) in [7, 11) is -4.21. The molecule has 0 saturated carbocycles. The zero-order chi connectivity index (χ0) is 31.7. The number of rotatable bonds is 13. The van der Waals surface area contributed by atoms with Crippen molar-refractivity contribution in [3.05, 3.63) is 131 Å². The Morgan fingerprint density at radius 3 is 2.05 bits per heavy atom. The van der Waals surface area contributed by atoms with Crippen molar-refractivity contribution in [2.75, 3.05) is 17.4 Å². The second-order valence-electron chi connectivity index (χ2n) is 10.8. The van der Waals surface area contributed by atoms with Crippen LogP contribution < -0.4 is 9.62 Å². The van der Waals surface area contributed by atoms with Crippen LogP contribution in [0.4, 0.5) is 10.1 Å². The molecule has 0 heterocycles. The highest BCUT2D eigenvalue weighted by molar-refractivity contribution is 9.10. The molecule has 0 fully saturated rings. The lowest BCUT2D eigenvalue weighted by molar-refractivity contribution is -0.140. The molecule has 0 aromatic heterocycles. The van der Waals surface area contributed by atoms with Crippen molar-refractivity contribution in [1.82, 2.24) is 10.2 Å². The molecule has 10 heteroatoms. The van der Waals surface area contributed by atoms with Crippen LogP contribution in [-0.2, 0) is 32.6 Å². The molecule has 0 aliphatic rings. The number of anilines is 1. The summed E-state index contributed by atoms with van der Waals surface area (Å²) in [5.41, 5.74) is 1.27. The number of nitrogens with zero attached hydrogens (tertiary/aromatic N) is 2. The van der Waals surface area contributed by atoms with Crippen molar-refractivity contribution in [3.8, 4) is 0 Å². The van der Waals surface area contributed by atoms with E-state index in [1.165, 1.54) is 23.1 Å². The monoisotopic (exact) mass is 679 g/mol. The van der Waals surface area contributed by atoms with Gasteiger partial charge >= 0.3 is 0 Å². The summed E-state index contributed by atoms with van der Waals surface area (Å²) in [5, 5.41) is 2.92. The summed E-state index contributed by atoms with van der Waals surface area (Å²) in [4.78, 5) is 29.4. The second-order valence-corrected chi connectivity index (χ2v) is 13.5. The van der Waals surface area contributed by atoms with Gasteiger partial charge in [0.15, 0.2) is 0 Å². The van der Waals surface area contributed by atoms with Crippen LogP contribution in [0.1, 0.15) is 25.0 Å². The van der Waals surface area contributed by atoms with Gasteiger partial charge in [0.1, 0.15) is 18.4 Å². The van der Waals surface area contributed by atoms with E-state index < -0.39 is 40.2 Å². The van der Waals surface area contributed by atoms with Gasteiger partial charge in [0, 0.05) is 29.5 Å². The van der Waals surface area contributed by atoms with Crippen LogP contribution in [0.2, 0.25) is 0 Å². The first-order valence-electron chi connectivity index (χ1n) is 14.2. The van der Waals surface area contributed by atoms with E-state index in [1.807, 2.05) is 44.2 Å². The molecule has 1 unspecified atom stereocenters. The minimum absolute atomic E-state index is 0.00637. The molecule has 4 aromatic carbocycles. The largest absolute Gasteiger partial charge is 0.354 e. The third kappa shape index (κ3) is 8.54. The summed E-state index contributed by atoms with van der Waals surface area (Å²) in [6.45, 7) is 3.44. The first-order valence-corrected chi connectivity index (χ1v) is 16.5. The zero-order valence-electron chi connectivity index (χ0n) is 24.6. The van der Waals surface area contributed by atoms with Crippen molar-refractivity contribution >= 4 is 43.5 Å². The van der Waals surface area contributed by atoms with Gasteiger partial charge < -0.3 is 10.2 Å². The lowest BCUT2D eigenvalue weighted by Crippen LogP contribution is -2.53. The Morgan fingerprint density at radius 1 is 0.841 bits per heavy atom. The number of benzene rings is 4. The SMILES string of the molecule is CC(C)CNC(=O)C(Cc1ccccc1)N(Cc1ccccc1F)C(=O)CN(c1ccc(Br)cc1)S(=O)(=O)c1ccccc1. The van der Waals surface area contributed by atoms with Crippen molar-refractivity contribution in [3.63, 3.8) is 0 Å². The maximum Gasteiger partial charge on any atom is 0.264 e. The van der Waals surface area contributed by atoms with Gasteiger partial charge in [0.2, 0.25) is 11.8 Å². The topological polar surface area (TPSA) is 86.8 Å². The van der Waals surface area contributed by atoms with Crippen molar-refractivity contribution in [2.45, 2.75) is 37.8 Å². The highest BCUT2D eigenvalue weighted by Gasteiger charge is 2.35. The zero-order valence-corrected chi connectivity index (χ0v) is 27.0. The van der Waals surface area contributed by atoms with Gasteiger partial charge in [0.25, 0.3) is 10.0 Å². The molecular weight excluding hydrogens is 645 g/mol. The Kier molecular flexibility index (Phi) is 11.3. The van der Waals surface area contributed by atoms with E-state index in [4.69, 9.17) is 0 Å². The van der Waals surface area contributed by atoms with E-state index >= 15 is 0 Å². The minimum atomic E-state index is -4.21. The Hall–Kier alpha value is -4.02. The summed E-state index contributed by atoms with van der Waals surface area (Å²) in [6, 6.07) is 28.6. The maximum atomic E-state index is 15.0. The summed E-state index contributed by atoms with van der Waals surface area (Å²) >= 11 is 3.38. The molecule has 0 saturated heterocycles. The number of carbonyl (C=O) groups is 2. The van der Waals surface area contributed by atoms with Crippen molar-refractivity contribution < 1.29 is 22.4 Å². The molecule has 1 N–H and O–H groups in total. The first kappa shape index (κ1) is 32.9. The normalized spacial score (nSPS) is 12.0. The van der Waals surface area contributed by atoms with E-state index in [-0.39, 0.29) is 35.0 Å². The van der Waals surface area contributed by atoms with E-state index in [0.29, 0.717) is 6.54 Å². The quantitative estimate of drug-likeness (QED) is 0.182. The predicted octanol–water partition coefficient (Wildman–Crippen LogP) is 6.20. The Balaban J connectivity index is 1.79. The van der Waals surface area contributed by atoms with Gasteiger partial charge in [-0.05, 0) is 53.9 Å². The van der Waals surface area contributed by atoms with E-state index in [9.17, 15) is 22.4 Å². The standard InChI is InChI=1S/C34H35BrFN3O4S/c1-25(2)22-37-34(41)32(21-26-11-5-3-6-12-26)38(23-27-13-9-10-16-31(27)36)33(40)24-39(29-19-17-28(35)18-20-29)44(42,43)30-14-7-4-8-15-30/h3-20,25,32H,21-24H2,1-2H3,(H,37,41). The lowest BCUT2D eigenvalue weighted by atomic mass is 10.0. The van der Waals surface area contributed by atoms with Gasteiger partial charge in [-0.3, -0.25) is 13.9 Å². The molecule has 0 aliphatic heterocycles. The third-order valence-corrected chi connectivity index (χ3v) is 9.30. The average Bonchev–Trinajstić information content (AvgIpc) is 3.02. The first-order chi connectivity index (χ1) is 21.1. The number of halogens is 2. The molecule has 0 bridgehead atoms. The number of hydrogen-bond acceptors (Lipinski definition) is 4. The Bertz CT molecular complexity index is 1650. The second kappa shape index (κ2) is 15.1. The Morgan fingerprint density at radius 2 is 1.43 bits per heavy atom. The van der Waals surface area contributed by atoms with Crippen LogP contribution in [0.25, 0.3) is 0 Å². The van der Waals surface area contributed by atoms with Gasteiger partial charge in [-0.1, -0.05) is 96.5 Å².